The van der Waals surface area contributed by atoms with Crippen molar-refractivity contribution in [2.24, 2.45) is 0 Å². The van der Waals surface area contributed by atoms with Crippen LogP contribution in [0.2, 0.25) is 0 Å². The second-order valence-electron chi connectivity index (χ2n) is 5.22. The van der Waals surface area contributed by atoms with Gasteiger partial charge in [-0.15, -0.1) is 0 Å². The molecule has 0 heterocycles. The zero-order valence-corrected chi connectivity index (χ0v) is 14.5. The summed E-state index contributed by atoms with van der Waals surface area (Å²) in [5.41, 5.74) is 1.15. The van der Waals surface area contributed by atoms with E-state index in [9.17, 15) is 10.1 Å². The van der Waals surface area contributed by atoms with Crippen molar-refractivity contribution in [3.63, 3.8) is 0 Å². The first-order valence-corrected chi connectivity index (χ1v) is 9.10. The predicted molar refractivity (Wildman–Crippen MR) is 93.6 cm³/mol. The number of nitro groups is 1. The Balaban J connectivity index is 2.04. The van der Waals surface area contributed by atoms with E-state index in [4.69, 9.17) is 0 Å². The minimum absolute atomic E-state index is 0.150. The van der Waals surface area contributed by atoms with Crippen LogP contribution in [0.15, 0.2) is 18.2 Å². The smallest absolute Gasteiger partial charge is 0.270 e. The van der Waals surface area contributed by atoms with E-state index in [1.54, 1.807) is 12.1 Å². The van der Waals surface area contributed by atoms with E-state index in [0.717, 1.165) is 15.8 Å². The lowest BCUT2D eigenvalue weighted by Gasteiger charge is -2.36. The molecule has 0 unspecified atom stereocenters. The summed E-state index contributed by atoms with van der Waals surface area (Å²) in [6.07, 6.45) is 8.65. The lowest BCUT2D eigenvalue weighted by atomic mass is 9.88. The van der Waals surface area contributed by atoms with Crippen molar-refractivity contribution in [3.05, 3.63) is 31.9 Å². The molecule has 0 spiro atoms. The summed E-state index contributed by atoms with van der Waals surface area (Å²) in [5.74, 6) is 0. The largest absolute Gasteiger partial charge is 0.383 e. The van der Waals surface area contributed by atoms with Crippen molar-refractivity contribution in [1.29, 1.82) is 0 Å². The SMILES string of the molecule is CSC1(CNc2ccc([N+](=O)[O-])cc2I)CCCCC1. The number of nitrogens with one attached hydrogen (secondary N) is 1. The number of non-ortho nitro benzene ring substituents is 1. The van der Waals surface area contributed by atoms with Crippen molar-refractivity contribution >= 4 is 45.7 Å². The average molecular weight is 406 g/mol. The molecule has 1 saturated carbocycles. The van der Waals surface area contributed by atoms with Crippen LogP contribution in [0.4, 0.5) is 11.4 Å². The fourth-order valence-electron chi connectivity index (χ4n) is 2.67. The van der Waals surface area contributed by atoms with Gasteiger partial charge < -0.3 is 5.32 Å². The minimum Gasteiger partial charge on any atom is -0.383 e. The average Bonchev–Trinajstić information content (AvgIpc) is 2.47. The third-order valence-electron chi connectivity index (χ3n) is 3.96. The topological polar surface area (TPSA) is 55.2 Å². The van der Waals surface area contributed by atoms with Gasteiger partial charge in [-0.2, -0.15) is 11.8 Å². The molecule has 1 aromatic carbocycles. The highest BCUT2D eigenvalue weighted by molar-refractivity contribution is 14.1. The molecule has 1 fully saturated rings. The van der Waals surface area contributed by atoms with Crippen LogP contribution in [0.3, 0.4) is 0 Å². The van der Waals surface area contributed by atoms with Gasteiger partial charge in [0.15, 0.2) is 0 Å². The quantitative estimate of drug-likeness (QED) is 0.439. The summed E-state index contributed by atoms with van der Waals surface area (Å²) in [7, 11) is 0. The van der Waals surface area contributed by atoms with Gasteiger partial charge in [0.05, 0.1) is 4.92 Å². The zero-order valence-electron chi connectivity index (χ0n) is 11.5. The summed E-state index contributed by atoms with van der Waals surface area (Å²) in [6.45, 7) is 0.933. The summed E-state index contributed by atoms with van der Waals surface area (Å²) in [6, 6.07) is 5.00. The van der Waals surface area contributed by atoms with E-state index in [-0.39, 0.29) is 10.6 Å². The molecular formula is C14H19IN2O2S. The molecular weight excluding hydrogens is 387 g/mol. The molecule has 2 rings (SSSR count). The van der Waals surface area contributed by atoms with E-state index in [2.05, 4.69) is 34.2 Å². The van der Waals surface area contributed by atoms with Gasteiger partial charge in [-0.1, -0.05) is 19.3 Å². The van der Waals surface area contributed by atoms with Gasteiger partial charge in [0, 0.05) is 32.7 Å². The van der Waals surface area contributed by atoms with Crippen LogP contribution in [0.1, 0.15) is 32.1 Å². The molecule has 1 aliphatic carbocycles. The van der Waals surface area contributed by atoms with E-state index in [1.165, 1.54) is 32.1 Å². The summed E-state index contributed by atoms with van der Waals surface area (Å²) < 4.78 is 1.23. The summed E-state index contributed by atoms with van der Waals surface area (Å²) in [4.78, 5) is 10.4. The first-order valence-electron chi connectivity index (χ1n) is 6.79. The van der Waals surface area contributed by atoms with Crippen LogP contribution < -0.4 is 5.32 Å². The molecule has 0 aromatic heterocycles. The van der Waals surface area contributed by atoms with Crippen LogP contribution in [-0.4, -0.2) is 22.5 Å². The molecule has 6 heteroatoms. The third kappa shape index (κ3) is 3.78. The maximum atomic E-state index is 10.7. The maximum absolute atomic E-state index is 10.7. The van der Waals surface area contributed by atoms with Crippen LogP contribution in [-0.2, 0) is 0 Å². The molecule has 0 saturated heterocycles. The molecule has 0 atom stereocenters. The highest BCUT2D eigenvalue weighted by Crippen LogP contribution is 2.39. The van der Waals surface area contributed by atoms with Crippen LogP contribution in [0.25, 0.3) is 0 Å². The lowest BCUT2D eigenvalue weighted by Crippen LogP contribution is -2.35. The van der Waals surface area contributed by atoms with Gasteiger partial charge in [0.25, 0.3) is 5.69 Å². The molecule has 0 amide bonds. The van der Waals surface area contributed by atoms with Crippen molar-refractivity contribution in [1.82, 2.24) is 0 Å². The minimum atomic E-state index is -0.351. The maximum Gasteiger partial charge on any atom is 0.270 e. The van der Waals surface area contributed by atoms with Crippen molar-refractivity contribution in [3.8, 4) is 0 Å². The monoisotopic (exact) mass is 406 g/mol. The molecule has 1 aliphatic rings. The Bertz CT molecular complexity index is 490. The number of rotatable bonds is 5. The van der Waals surface area contributed by atoms with Gasteiger partial charge in [0.2, 0.25) is 0 Å². The molecule has 0 radical (unpaired) electrons. The first-order chi connectivity index (χ1) is 9.56. The number of anilines is 1. The third-order valence-corrected chi connectivity index (χ3v) is 6.27. The Morgan fingerprint density at radius 1 is 1.40 bits per heavy atom. The first kappa shape index (κ1) is 15.9. The zero-order chi connectivity index (χ0) is 14.6. The normalized spacial score (nSPS) is 17.7. The Morgan fingerprint density at radius 3 is 2.65 bits per heavy atom. The molecule has 20 heavy (non-hydrogen) atoms. The lowest BCUT2D eigenvalue weighted by molar-refractivity contribution is -0.384. The predicted octanol–water partition coefficient (Wildman–Crippen LogP) is 4.68. The number of hydrogen-bond donors (Lipinski definition) is 1. The fourth-order valence-corrected chi connectivity index (χ4v) is 4.27. The summed E-state index contributed by atoms with van der Waals surface area (Å²) in [5, 5.41) is 14.2. The number of hydrogen-bond acceptors (Lipinski definition) is 4. The number of benzene rings is 1. The Morgan fingerprint density at radius 2 is 2.10 bits per heavy atom. The van der Waals surface area contributed by atoms with Crippen molar-refractivity contribution < 1.29 is 4.92 Å². The molecule has 0 bridgehead atoms. The highest BCUT2D eigenvalue weighted by Gasteiger charge is 2.31. The number of thioether (sulfide) groups is 1. The van der Waals surface area contributed by atoms with E-state index in [1.807, 2.05) is 17.8 Å². The number of nitrogens with zero attached hydrogens (tertiary/aromatic N) is 1. The van der Waals surface area contributed by atoms with Crippen molar-refractivity contribution in [2.75, 3.05) is 18.1 Å². The molecule has 1 aromatic rings. The van der Waals surface area contributed by atoms with Gasteiger partial charge in [-0.05, 0) is 47.8 Å². The Kier molecular flexibility index (Phi) is 5.54. The van der Waals surface area contributed by atoms with E-state index >= 15 is 0 Å². The van der Waals surface area contributed by atoms with Crippen LogP contribution in [0, 0.1) is 13.7 Å². The molecule has 4 nitrogen and oxygen atoms in total. The summed E-state index contributed by atoms with van der Waals surface area (Å²) >= 11 is 4.11. The number of nitro benzene ring substituents is 1. The van der Waals surface area contributed by atoms with E-state index < -0.39 is 0 Å². The van der Waals surface area contributed by atoms with Gasteiger partial charge in [-0.3, -0.25) is 10.1 Å². The van der Waals surface area contributed by atoms with Gasteiger partial charge >= 0.3 is 0 Å². The second-order valence-corrected chi connectivity index (χ2v) is 7.66. The van der Waals surface area contributed by atoms with Crippen LogP contribution in [0.5, 0.6) is 0 Å². The molecule has 110 valence electrons. The Hall–Kier alpha value is -0.500. The number of halogens is 1. The van der Waals surface area contributed by atoms with Crippen LogP contribution >= 0.6 is 34.4 Å². The standard InChI is InChI=1S/C14H19IN2O2S/c1-20-14(7-3-2-4-8-14)10-16-13-6-5-11(17(18)19)9-12(13)15/h5-6,9,16H,2-4,7-8,10H2,1H3. The van der Waals surface area contributed by atoms with Gasteiger partial charge in [-0.25, -0.2) is 0 Å². The van der Waals surface area contributed by atoms with Crippen molar-refractivity contribution in [2.45, 2.75) is 36.9 Å². The molecule has 0 aliphatic heterocycles. The molecule has 1 N–H and O–H groups in total. The van der Waals surface area contributed by atoms with E-state index in [0.29, 0.717) is 4.75 Å². The second kappa shape index (κ2) is 6.98. The highest BCUT2D eigenvalue weighted by atomic mass is 127. The fraction of sp³-hybridized carbons (Fsp3) is 0.571. The van der Waals surface area contributed by atoms with Gasteiger partial charge in [0.1, 0.15) is 0 Å². The Labute approximate surface area is 137 Å².